The Balaban J connectivity index is 1.77. The number of anilines is 1. The maximum absolute atomic E-state index is 12.8. The van der Waals surface area contributed by atoms with Gasteiger partial charge in [-0.2, -0.15) is 5.10 Å². The third-order valence-electron chi connectivity index (χ3n) is 4.58. The predicted octanol–water partition coefficient (Wildman–Crippen LogP) is 1.73. The Labute approximate surface area is 146 Å². The third-order valence-corrected chi connectivity index (χ3v) is 4.58. The highest BCUT2D eigenvalue weighted by Gasteiger charge is 2.37. The molecule has 134 valence electrons. The summed E-state index contributed by atoms with van der Waals surface area (Å²) < 4.78 is 5.61. The van der Waals surface area contributed by atoms with Crippen molar-refractivity contribution in [2.75, 3.05) is 24.7 Å². The summed E-state index contributed by atoms with van der Waals surface area (Å²) in [6.45, 7) is 3.71. The summed E-state index contributed by atoms with van der Waals surface area (Å²) in [5, 5.41) is 15.3. The average molecular weight is 345 g/mol. The lowest BCUT2D eigenvalue weighted by molar-refractivity contribution is -0.138. The first kappa shape index (κ1) is 17.4. The van der Waals surface area contributed by atoms with Crippen molar-refractivity contribution < 1.29 is 19.4 Å². The minimum atomic E-state index is -0.988. The lowest BCUT2D eigenvalue weighted by atomic mass is 10.1. The van der Waals surface area contributed by atoms with Crippen molar-refractivity contribution in [3.05, 3.63) is 30.3 Å². The first-order valence-electron chi connectivity index (χ1n) is 8.65. The van der Waals surface area contributed by atoms with Gasteiger partial charge in [0.25, 0.3) is 5.91 Å². The molecule has 0 spiro atoms. The third kappa shape index (κ3) is 3.82. The van der Waals surface area contributed by atoms with E-state index in [0.717, 1.165) is 19.4 Å². The van der Waals surface area contributed by atoms with Crippen LogP contribution < -0.4 is 5.01 Å². The van der Waals surface area contributed by atoms with Crippen LogP contribution in [0.2, 0.25) is 0 Å². The van der Waals surface area contributed by atoms with Gasteiger partial charge in [-0.15, -0.1) is 0 Å². The zero-order valence-corrected chi connectivity index (χ0v) is 14.3. The molecule has 2 atom stereocenters. The van der Waals surface area contributed by atoms with Gasteiger partial charge in [-0.1, -0.05) is 18.2 Å². The smallest absolute Gasteiger partial charge is 0.328 e. The SMILES string of the molecule is CCN(CC1CCCO1)C(=O)C1=NN(c2ccccc2)C(C(=O)O)C1. The monoisotopic (exact) mass is 345 g/mol. The second kappa shape index (κ2) is 7.65. The van der Waals surface area contributed by atoms with Gasteiger partial charge in [-0.25, -0.2) is 4.79 Å². The zero-order chi connectivity index (χ0) is 17.8. The number of benzene rings is 1. The largest absolute Gasteiger partial charge is 0.480 e. The number of ether oxygens (including phenoxy) is 1. The molecule has 1 fully saturated rings. The highest BCUT2D eigenvalue weighted by atomic mass is 16.5. The van der Waals surface area contributed by atoms with E-state index >= 15 is 0 Å². The van der Waals surface area contributed by atoms with Gasteiger partial charge in [0.2, 0.25) is 0 Å². The van der Waals surface area contributed by atoms with Crippen molar-refractivity contribution in [1.29, 1.82) is 0 Å². The molecule has 1 aromatic rings. The normalized spacial score (nSPS) is 22.8. The second-order valence-corrected chi connectivity index (χ2v) is 6.26. The van der Waals surface area contributed by atoms with Crippen molar-refractivity contribution in [2.45, 2.75) is 38.3 Å². The van der Waals surface area contributed by atoms with E-state index in [1.54, 1.807) is 17.0 Å². The topological polar surface area (TPSA) is 82.4 Å². The molecule has 2 aliphatic rings. The Morgan fingerprint density at radius 1 is 1.36 bits per heavy atom. The summed E-state index contributed by atoms with van der Waals surface area (Å²) in [5.74, 6) is -1.19. The minimum Gasteiger partial charge on any atom is -0.480 e. The fourth-order valence-electron chi connectivity index (χ4n) is 3.22. The van der Waals surface area contributed by atoms with E-state index in [0.29, 0.717) is 18.8 Å². The van der Waals surface area contributed by atoms with Crippen LogP contribution in [0, 0.1) is 0 Å². The van der Waals surface area contributed by atoms with E-state index < -0.39 is 12.0 Å². The Morgan fingerprint density at radius 2 is 2.12 bits per heavy atom. The van der Waals surface area contributed by atoms with Gasteiger partial charge in [-0.05, 0) is 31.9 Å². The number of carbonyl (C=O) groups is 2. The summed E-state index contributed by atoms with van der Waals surface area (Å²) in [6, 6.07) is 8.21. The van der Waals surface area contributed by atoms with Crippen molar-refractivity contribution in [2.24, 2.45) is 5.10 Å². The molecule has 1 N–H and O–H groups in total. The van der Waals surface area contributed by atoms with E-state index in [4.69, 9.17) is 4.74 Å². The van der Waals surface area contributed by atoms with Gasteiger partial charge in [0.05, 0.1) is 11.8 Å². The van der Waals surface area contributed by atoms with Gasteiger partial charge in [0.15, 0.2) is 6.04 Å². The molecule has 0 aromatic heterocycles. The van der Waals surface area contributed by atoms with Crippen LogP contribution in [0.3, 0.4) is 0 Å². The van der Waals surface area contributed by atoms with E-state index in [2.05, 4.69) is 5.10 Å². The molecular weight excluding hydrogens is 322 g/mol. The van der Waals surface area contributed by atoms with Gasteiger partial charge in [0, 0.05) is 26.1 Å². The standard InChI is InChI=1S/C18H23N3O4/c1-2-20(12-14-9-6-10-25-14)17(22)15-11-16(18(23)24)21(19-15)13-7-4-3-5-8-13/h3-5,7-8,14,16H,2,6,9-12H2,1H3,(H,23,24). The number of para-hydroxylation sites is 1. The second-order valence-electron chi connectivity index (χ2n) is 6.26. The van der Waals surface area contributed by atoms with Crippen LogP contribution in [0.1, 0.15) is 26.2 Å². The predicted molar refractivity (Wildman–Crippen MR) is 93.6 cm³/mol. The summed E-state index contributed by atoms with van der Waals surface area (Å²) in [4.78, 5) is 26.1. The van der Waals surface area contributed by atoms with Crippen LogP contribution in [-0.4, -0.2) is 59.4 Å². The number of hydrogen-bond acceptors (Lipinski definition) is 5. The fraction of sp³-hybridized carbons (Fsp3) is 0.500. The molecule has 0 saturated carbocycles. The lowest BCUT2D eigenvalue weighted by Gasteiger charge is -2.23. The first-order chi connectivity index (χ1) is 12.1. The Hall–Kier alpha value is -2.41. The van der Waals surface area contributed by atoms with E-state index in [1.807, 2.05) is 25.1 Å². The Kier molecular flexibility index (Phi) is 5.33. The number of aliphatic carboxylic acids is 1. The van der Waals surface area contributed by atoms with Gasteiger partial charge >= 0.3 is 5.97 Å². The van der Waals surface area contributed by atoms with Gasteiger partial charge in [0.1, 0.15) is 5.71 Å². The lowest BCUT2D eigenvalue weighted by Crippen LogP contribution is -2.41. The van der Waals surface area contributed by atoms with Crippen LogP contribution in [0.5, 0.6) is 0 Å². The molecule has 2 aliphatic heterocycles. The van der Waals surface area contributed by atoms with Crippen LogP contribution in [0.25, 0.3) is 0 Å². The fourth-order valence-corrected chi connectivity index (χ4v) is 3.22. The quantitative estimate of drug-likeness (QED) is 0.849. The number of carboxylic acid groups (broad SMARTS) is 1. The van der Waals surface area contributed by atoms with E-state index in [9.17, 15) is 14.7 Å². The number of amides is 1. The molecule has 1 amide bonds. The van der Waals surface area contributed by atoms with Crippen LogP contribution in [0.4, 0.5) is 5.69 Å². The number of likely N-dealkylation sites (N-methyl/N-ethyl adjacent to an activating group) is 1. The molecule has 2 heterocycles. The van der Waals surface area contributed by atoms with E-state index in [1.165, 1.54) is 5.01 Å². The highest BCUT2D eigenvalue weighted by molar-refractivity contribution is 6.40. The van der Waals surface area contributed by atoms with Gasteiger partial charge < -0.3 is 14.7 Å². The number of rotatable bonds is 6. The number of carbonyl (C=O) groups excluding carboxylic acids is 1. The van der Waals surface area contributed by atoms with E-state index in [-0.39, 0.29) is 24.1 Å². The number of nitrogens with zero attached hydrogens (tertiary/aromatic N) is 3. The van der Waals surface area contributed by atoms with Crippen LogP contribution in [0.15, 0.2) is 35.4 Å². The van der Waals surface area contributed by atoms with Crippen LogP contribution in [-0.2, 0) is 14.3 Å². The van der Waals surface area contributed by atoms with Crippen molar-refractivity contribution in [1.82, 2.24) is 4.90 Å². The zero-order valence-electron chi connectivity index (χ0n) is 14.3. The summed E-state index contributed by atoms with van der Waals surface area (Å²) in [6.07, 6.45) is 2.13. The maximum Gasteiger partial charge on any atom is 0.328 e. The average Bonchev–Trinajstić information content (AvgIpc) is 3.29. The Bertz CT molecular complexity index is 656. The number of hydrogen-bond donors (Lipinski definition) is 1. The molecule has 25 heavy (non-hydrogen) atoms. The number of carboxylic acids is 1. The van der Waals surface area contributed by atoms with Gasteiger partial charge in [-0.3, -0.25) is 9.80 Å². The number of hydrazone groups is 1. The maximum atomic E-state index is 12.8. The first-order valence-corrected chi connectivity index (χ1v) is 8.65. The van der Waals surface area contributed by atoms with Crippen molar-refractivity contribution in [3.8, 4) is 0 Å². The molecule has 0 radical (unpaired) electrons. The molecule has 1 saturated heterocycles. The highest BCUT2D eigenvalue weighted by Crippen LogP contribution is 2.25. The molecular formula is C18H23N3O4. The van der Waals surface area contributed by atoms with Crippen molar-refractivity contribution in [3.63, 3.8) is 0 Å². The van der Waals surface area contributed by atoms with Crippen LogP contribution >= 0.6 is 0 Å². The molecule has 7 nitrogen and oxygen atoms in total. The minimum absolute atomic E-state index is 0.0615. The summed E-state index contributed by atoms with van der Waals surface area (Å²) in [5.41, 5.74) is 0.955. The Morgan fingerprint density at radius 3 is 2.72 bits per heavy atom. The molecule has 2 unspecified atom stereocenters. The molecule has 0 bridgehead atoms. The summed E-state index contributed by atoms with van der Waals surface area (Å²) >= 11 is 0. The summed E-state index contributed by atoms with van der Waals surface area (Å²) in [7, 11) is 0. The molecule has 0 aliphatic carbocycles. The molecule has 7 heteroatoms. The molecule has 1 aromatic carbocycles. The molecule has 3 rings (SSSR count). The van der Waals surface area contributed by atoms with Crippen molar-refractivity contribution >= 4 is 23.3 Å².